The van der Waals surface area contributed by atoms with Crippen LogP contribution in [0.3, 0.4) is 0 Å². The zero-order valence-corrected chi connectivity index (χ0v) is 12.8. The summed E-state index contributed by atoms with van der Waals surface area (Å²) in [5, 5.41) is 0. The maximum atomic E-state index is 13.3. The molecule has 2 atom stereocenters. The SMILES string of the molecule is O=C1O[C@H]2C[C@@H]1N(C(=O)C1c3ccccc3Oc3ccccc31)C2. The molecule has 2 saturated heterocycles. The minimum atomic E-state index is -0.446. The maximum Gasteiger partial charge on any atom is 0.329 e. The van der Waals surface area contributed by atoms with Gasteiger partial charge in [0.2, 0.25) is 5.91 Å². The van der Waals surface area contributed by atoms with Gasteiger partial charge in [-0.2, -0.15) is 0 Å². The Morgan fingerprint density at radius 3 is 2.21 bits per heavy atom. The summed E-state index contributed by atoms with van der Waals surface area (Å²) >= 11 is 0. The van der Waals surface area contributed by atoms with Gasteiger partial charge in [-0.1, -0.05) is 36.4 Å². The maximum absolute atomic E-state index is 13.3. The fourth-order valence-corrected chi connectivity index (χ4v) is 3.93. The lowest BCUT2D eigenvalue weighted by atomic mass is 9.86. The summed E-state index contributed by atoms with van der Waals surface area (Å²) in [5.74, 6) is 0.608. The van der Waals surface area contributed by atoms with Gasteiger partial charge in [-0.05, 0) is 12.1 Å². The van der Waals surface area contributed by atoms with Crippen LogP contribution in [0.25, 0.3) is 0 Å². The lowest BCUT2D eigenvalue weighted by molar-refractivity contribution is -0.157. The van der Waals surface area contributed by atoms with E-state index < -0.39 is 12.0 Å². The van der Waals surface area contributed by atoms with Crippen LogP contribution in [0, 0.1) is 0 Å². The van der Waals surface area contributed by atoms with Crippen molar-refractivity contribution in [3.63, 3.8) is 0 Å². The number of nitrogens with zero attached hydrogens (tertiary/aromatic N) is 1. The Morgan fingerprint density at radius 2 is 1.62 bits per heavy atom. The second-order valence-corrected chi connectivity index (χ2v) is 6.41. The Labute approximate surface area is 138 Å². The third kappa shape index (κ3) is 1.81. The van der Waals surface area contributed by atoms with E-state index in [-0.39, 0.29) is 18.0 Å². The summed E-state index contributed by atoms with van der Waals surface area (Å²) in [7, 11) is 0. The van der Waals surface area contributed by atoms with Crippen LogP contribution in [0.15, 0.2) is 48.5 Å². The molecule has 3 heterocycles. The first-order valence-corrected chi connectivity index (χ1v) is 8.09. The second kappa shape index (κ2) is 4.84. The van der Waals surface area contributed by atoms with Crippen LogP contribution in [-0.2, 0) is 14.3 Å². The van der Waals surface area contributed by atoms with Crippen LogP contribution in [0.4, 0.5) is 0 Å². The molecule has 0 aromatic heterocycles. The number of amides is 1. The van der Waals surface area contributed by atoms with Gasteiger partial charge < -0.3 is 14.4 Å². The number of benzene rings is 2. The molecule has 3 aliphatic rings. The van der Waals surface area contributed by atoms with E-state index in [0.717, 1.165) is 11.1 Å². The first-order valence-electron chi connectivity index (χ1n) is 8.09. The summed E-state index contributed by atoms with van der Waals surface area (Å²) in [5.41, 5.74) is 1.69. The molecule has 2 fully saturated rings. The van der Waals surface area contributed by atoms with E-state index >= 15 is 0 Å². The zero-order chi connectivity index (χ0) is 16.3. The molecular weight excluding hydrogens is 306 g/mol. The number of hydrogen-bond donors (Lipinski definition) is 0. The third-order valence-electron chi connectivity index (χ3n) is 5.03. The third-order valence-corrected chi connectivity index (χ3v) is 5.03. The van der Waals surface area contributed by atoms with Gasteiger partial charge in [0.05, 0.1) is 12.5 Å². The van der Waals surface area contributed by atoms with Gasteiger partial charge in [0.1, 0.15) is 23.6 Å². The summed E-state index contributed by atoms with van der Waals surface area (Å²) < 4.78 is 11.2. The van der Waals surface area contributed by atoms with Crippen molar-refractivity contribution in [3.05, 3.63) is 59.7 Å². The van der Waals surface area contributed by atoms with Gasteiger partial charge in [-0.15, -0.1) is 0 Å². The number of morpholine rings is 1. The summed E-state index contributed by atoms with van der Waals surface area (Å²) in [6.45, 7) is 0.483. The van der Waals surface area contributed by atoms with E-state index in [4.69, 9.17) is 9.47 Å². The molecule has 1 amide bonds. The quantitative estimate of drug-likeness (QED) is 0.757. The van der Waals surface area contributed by atoms with Crippen molar-refractivity contribution in [1.29, 1.82) is 0 Å². The molecule has 2 aromatic carbocycles. The molecule has 0 aliphatic carbocycles. The van der Waals surface area contributed by atoms with Crippen molar-refractivity contribution < 1.29 is 19.1 Å². The molecule has 0 spiro atoms. The smallest absolute Gasteiger partial charge is 0.329 e. The summed E-state index contributed by atoms with van der Waals surface area (Å²) in [6.07, 6.45) is 0.452. The first-order chi connectivity index (χ1) is 11.7. The average molecular weight is 321 g/mol. The van der Waals surface area contributed by atoms with Gasteiger partial charge in [0, 0.05) is 17.5 Å². The van der Waals surface area contributed by atoms with E-state index in [1.165, 1.54) is 0 Å². The topological polar surface area (TPSA) is 55.8 Å². The monoisotopic (exact) mass is 321 g/mol. The van der Waals surface area contributed by atoms with Crippen LogP contribution < -0.4 is 4.74 Å². The highest BCUT2D eigenvalue weighted by Crippen LogP contribution is 2.45. The van der Waals surface area contributed by atoms with Gasteiger partial charge in [0.25, 0.3) is 0 Å². The van der Waals surface area contributed by atoms with E-state index in [1.807, 2.05) is 48.5 Å². The molecule has 0 radical (unpaired) electrons. The molecule has 2 aromatic rings. The zero-order valence-electron chi connectivity index (χ0n) is 12.8. The van der Waals surface area contributed by atoms with Crippen LogP contribution >= 0.6 is 0 Å². The highest BCUT2D eigenvalue weighted by molar-refractivity contribution is 5.94. The fraction of sp³-hybridized carbons (Fsp3) is 0.263. The van der Waals surface area contributed by atoms with E-state index in [2.05, 4.69) is 0 Å². The van der Waals surface area contributed by atoms with Crippen LogP contribution in [0.5, 0.6) is 11.5 Å². The summed E-state index contributed by atoms with van der Waals surface area (Å²) in [6, 6.07) is 14.7. The largest absolute Gasteiger partial charge is 0.459 e. The highest BCUT2D eigenvalue weighted by Gasteiger charge is 2.50. The average Bonchev–Trinajstić information content (AvgIpc) is 3.18. The Balaban J connectivity index is 1.60. The number of carbonyl (C=O) groups excluding carboxylic acids is 2. The Kier molecular flexibility index (Phi) is 2.74. The number of rotatable bonds is 1. The predicted molar refractivity (Wildman–Crippen MR) is 84.8 cm³/mol. The van der Waals surface area contributed by atoms with Gasteiger partial charge in [-0.3, -0.25) is 4.79 Å². The van der Waals surface area contributed by atoms with Crippen molar-refractivity contribution >= 4 is 11.9 Å². The molecule has 0 saturated carbocycles. The molecule has 0 unspecified atom stereocenters. The van der Waals surface area contributed by atoms with Crippen LogP contribution in [0.1, 0.15) is 23.5 Å². The van der Waals surface area contributed by atoms with E-state index in [1.54, 1.807) is 4.90 Å². The van der Waals surface area contributed by atoms with Crippen molar-refractivity contribution in [1.82, 2.24) is 4.90 Å². The lowest BCUT2D eigenvalue weighted by Crippen LogP contribution is -2.46. The Morgan fingerprint density at radius 1 is 1.00 bits per heavy atom. The summed E-state index contributed by atoms with van der Waals surface area (Å²) in [4.78, 5) is 26.9. The standard InChI is InChI=1S/C19H15NO4/c21-18(20-10-11-9-14(20)19(22)23-11)17-12-5-1-3-7-15(12)24-16-8-4-2-6-13(16)17/h1-8,11,14,17H,9-10H2/t11-,14-/m0/s1. The Hall–Kier alpha value is -2.82. The second-order valence-electron chi connectivity index (χ2n) is 6.41. The minimum absolute atomic E-state index is 0.0534. The minimum Gasteiger partial charge on any atom is -0.459 e. The van der Waals surface area contributed by atoms with Gasteiger partial charge >= 0.3 is 5.97 Å². The number of carbonyl (C=O) groups is 2. The van der Waals surface area contributed by atoms with E-state index in [0.29, 0.717) is 24.5 Å². The van der Waals surface area contributed by atoms with Crippen molar-refractivity contribution in [3.8, 4) is 11.5 Å². The number of fused-ring (bicyclic) bond motifs is 4. The molecule has 5 nitrogen and oxygen atoms in total. The van der Waals surface area contributed by atoms with E-state index in [9.17, 15) is 9.59 Å². The highest BCUT2D eigenvalue weighted by atomic mass is 16.6. The van der Waals surface area contributed by atoms with Gasteiger partial charge in [-0.25, -0.2) is 4.79 Å². The van der Waals surface area contributed by atoms with Crippen molar-refractivity contribution in [2.75, 3.05) is 6.54 Å². The van der Waals surface area contributed by atoms with Crippen molar-refractivity contribution in [2.45, 2.75) is 24.5 Å². The molecule has 120 valence electrons. The van der Waals surface area contributed by atoms with Crippen LogP contribution in [0.2, 0.25) is 0 Å². The molecular formula is C19H15NO4. The molecule has 0 N–H and O–H groups in total. The number of para-hydroxylation sites is 2. The molecule has 5 heteroatoms. The number of ether oxygens (including phenoxy) is 2. The number of hydrogen-bond acceptors (Lipinski definition) is 4. The molecule has 2 bridgehead atoms. The molecule has 5 rings (SSSR count). The number of likely N-dealkylation sites (tertiary alicyclic amines) is 1. The first kappa shape index (κ1) is 13.6. The lowest BCUT2D eigenvalue weighted by Gasteiger charge is -2.33. The predicted octanol–water partition coefficient (Wildman–Crippen LogP) is 2.45. The normalized spacial score (nSPS) is 24.2. The fourth-order valence-electron chi connectivity index (χ4n) is 3.93. The van der Waals surface area contributed by atoms with Crippen molar-refractivity contribution in [2.24, 2.45) is 0 Å². The molecule has 24 heavy (non-hydrogen) atoms. The van der Waals surface area contributed by atoms with Gasteiger partial charge in [0.15, 0.2) is 0 Å². The molecule has 3 aliphatic heterocycles. The Bertz CT molecular complexity index is 816. The number of esters is 1. The van der Waals surface area contributed by atoms with Crippen LogP contribution in [-0.4, -0.2) is 35.5 Å².